The molecule has 0 saturated carbocycles. The van der Waals surface area contributed by atoms with E-state index in [4.69, 9.17) is 14.2 Å². The van der Waals surface area contributed by atoms with Crippen molar-refractivity contribution in [1.82, 2.24) is 15.1 Å². The van der Waals surface area contributed by atoms with Gasteiger partial charge in [-0.1, -0.05) is 6.92 Å². The van der Waals surface area contributed by atoms with Crippen LogP contribution < -0.4 is 5.32 Å². The van der Waals surface area contributed by atoms with Gasteiger partial charge in [-0.3, -0.25) is 4.79 Å². The Hall–Kier alpha value is -1.24. The third-order valence-corrected chi connectivity index (χ3v) is 6.93. The van der Waals surface area contributed by atoms with Crippen molar-refractivity contribution in [3.05, 3.63) is 0 Å². The van der Waals surface area contributed by atoms with Crippen molar-refractivity contribution in [2.75, 3.05) is 32.7 Å². The van der Waals surface area contributed by atoms with Gasteiger partial charge < -0.3 is 29.3 Å². The lowest BCUT2D eigenvalue weighted by Gasteiger charge is -2.35. The van der Waals surface area contributed by atoms with Gasteiger partial charge in [0.2, 0.25) is 5.91 Å². The number of hydrogen-bond acceptors (Lipinski definition) is 7. The number of hydrogen-bond donors (Lipinski definition) is 1. The summed E-state index contributed by atoms with van der Waals surface area (Å²) in [6.45, 7) is 11.9. The molecule has 0 bridgehead atoms. The second kappa shape index (κ2) is 8.71. The van der Waals surface area contributed by atoms with E-state index in [1.54, 1.807) is 4.90 Å². The van der Waals surface area contributed by atoms with E-state index in [0.717, 1.165) is 38.9 Å². The van der Waals surface area contributed by atoms with E-state index in [2.05, 4.69) is 30.1 Å². The van der Waals surface area contributed by atoms with Crippen LogP contribution in [0.5, 0.6) is 0 Å². The molecule has 4 aliphatic heterocycles. The molecule has 0 aromatic rings. The average molecular weight is 421 g/mol. The fourth-order valence-electron chi connectivity index (χ4n) is 5.40. The number of ether oxygens (including phenoxy) is 3. The Morgan fingerprint density at radius 1 is 1.20 bits per heavy atom. The molecule has 0 spiro atoms. The molecule has 8 heteroatoms. The number of piperidine rings is 1. The Bertz CT molecular complexity index is 673. The van der Waals surface area contributed by atoms with Crippen LogP contribution in [0.4, 0.5) is 0 Å². The second-order valence-electron chi connectivity index (χ2n) is 9.93. The third kappa shape index (κ3) is 4.66. The first-order valence-electron chi connectivity index (χ1n) is 11.4. The molecule has 0 aliphatic carbocycles. The van der Waals surface area contributed by atoms with Crippen molar-refractivity contribution in [1.29, 1.82) is 5.26 Å². The molecule has 0 aromatic carbocycles. The van der Waals surface area contributed by atoms with Crippen LogP contribution in [-0.4, -0.2) is 90.7 Å². The van der Waals surface area contributed by atoms with E-state index >= 15 is 0 Å². The minimum Gasteiger partial charge on any atom is -0.368 e. The lowest BCUT2D eigenvalue weighted by atomic mass is 10.0. The molecule has 4 heterocycles. The lowest BCUT2D eigenvalue weighted by Crippen LogP contribution is -2.49. The number of carbonyl (C=O) groups is 1. The highest BCUT2D eigenvalue weighted by Crippen LogP contribution is 2.38. The molecule has 0 aromatic heterocycles. The minimum atomic E-state index is -0.535. The number of carbonyl (C=O) groups excluding carboxylic acids is 1. The summed E-state index contributed by atoms with van der Waals surface area (Å²) < 4.78 is 18.2. The molecule has 4 saturated heterocycles. The van der Waals surface area contributed by atoms with Crippen LogP contribution in [0.25, 0.3) is 0 Å². The number of nitriles is 1. The Labute approximate surface area is 179 Å². The molecule has 8 nitrogen and oxygen atoms in total. The molecular weight excluding hydrogens is 384 g/mol. The number of nitrogens with one attached hydrogen (secondary N) is 1. The van der Waals surface area contributed by atoms with Gasteiger partial charge >= 0.3 is 0 Å². The number of rotatable bonds is 5. The predicted octanol–water partition coefficient (Wildman–Crippen LogP) is 1.11. The van der Waals surface area contributed by atoms with Crippen LogP contribution in [0, 0.1) is 17.2 Å². The molecule has 4 rings (SSSR count). The smallest absolute Gasteiger partial charge is 0.237 e. The molecule has 4 fully saturated rings. The zero-order valence-corrected chi connectivity index (χ0v) is 18.7. The third-order valence-electron chi connectivity index (χ3n) is 6.93. The van der Waals surface area contributed by atoms with Gasteiger partial charge in [0.25, 0.3) is 0 Å². The van der Waals surface area contributed by atoms with E-state index in [1.807, 2.05) is 13.8 Å². The quantitative estimate of drug-likeness (QED) is 0.713. The van der Waals surface area contributed by atoms with Crippen molar-refractivity contribution in [3.63, 3.8) is 0 Å². The summed E-state index contributed by atoms with van der Waals surface area (Å²) in [6.07, 6.45) is 2.90. The molecule has 6 atom stereocenters. The molecule has 0 radical (unpaired) electrons. The van der Waals surface area contributed by atoms with Gasteiger partial charge in [-0.15, -0.1) is 0 Å². The molecular formula is C22H36N4O4. The zero-order valence-electron chi connectivity index (χ0n) is 18.7. The molecule has 30 heavy (non-hydrogen) atoms. The summed E-state index contributed by atoms with van der Waals surface area (Å²) in [5.41, 5.74) is 0. The van der Waals surface area contributed by atoms with Crippen LogP contribution in [0.3, 0.4) is 0 Å². The SMILES string of the molecule is CC1C[C@@H](C#N)N(C(=O)CNC2CCN(CC3OC(C)[C@H]4OC(C)(C)O[C@@H]34)CC2)C1. The van der Waals surface area contributed by atoms with Gasteiger partial charge in [-0.05, 0) is 59.0 Å². The predicted molar refractivity (Wildman–Crippen MR) is 111 cm³/mol. The first-order valence-corrected chi connectivity index (χ1v) is 11.4. The maximum atomic E-state index is 12.5. The molecule has 168 valence electrons. The Morgan fingerprint density at radius 3 is 2.60 bits per heavy atom. The Balaban J connectivity index is 1.20. The van der Waals surface area contributed by atoms with Gasteiger partial charge in [0, 0.05) is 19.1 Å². The lowest BCUT2D eigenvalue weighted by molar-refractivity contribution is -0.186. The summed E-state index contributed by atoms with van der Waals surface area (Å²) in [4.78, 5) is 16.7. The zero-order chi connectivity index (χ0) is 21.5. The van der Waals surface area contributed by atoms with Crippen LogP contribution in [0.2, 0.25) is 0 Å². The van der Waals surface area contributed by atoms with Crippen LogP contribution in [-0.2, 0) is 19.0 Å². The van der Waals surface area contributed by atoms with Crippen molar-refractivity contribution < 1.29 is 19.0 Å². The van der Waals surface area contributed by atoms with Crippen LogP contribution in [0.1, 0.15) is 47.0 Å². The highest BCUT2D eigenvalue weighted by atomic mass is 16.8. The first-order chi connectivity index (χ1) is 14.3. The number of nitrogens with zero attached hydrogens (tertiary/aromatic N) is 3. The molecule has 4 aliphatic rings. The van der Waals surface area contributed by atoms with Gasteiger partial charge in [-0.25, -0.2) is 0 Å². The molecule has 3 unspecified atom stereocenters. The van der Waals surface area contributed by atoms with Crippen molar-refractivity contribution >= 4 is 5.91 Å². The maximum absolute atomic E-state index is 12.5. The van der Waals surface area contributed by atoms with Gasteiger partial charge in [0.1, 0.15) is 18.2 Å². The van der Waals surface area contributed by atoms with Gasteiger partial charge in [0.05, 0.1) is 24.8 Å². The van der Waals surface area contributed by atoms with Crippen LogP contribution >= 0.6 is 0 Å². The van der Waals surface area contributed by atoms with Crippen molar-refractivity contribution in [2.24, 2.45) is 5.92 Å². The van der Waals surface area contributed by atoms with E-state index < -0.39 is 5.79 Å². The van der Waals surface area contributed by atoms with E-state index in [9.17, 15) is 10.1 Å². The van der Waals surface area contributed by atoms with E-state index in [1.165, 1.54) is 0 Å². The van der Waals surface area contributed by atoms with E-state index in [0.29, 0.717) is 25.0 Å². The van der Waals surface area contributed by atoms with Crippen LogP contribution in [0.15, 0.2) is 0 Å². The largest absolute Gasteiger partial charge is 0.368 e. The summed E-state index contributed by atoms with van der Waals surface area (Å²) in [5, 5.41) is 12.7. The number of fused-ring (bicyclic) bond motifs is 1. The Morgan fingerprint density at radius 2 is 1.90 bits per heavy atom. The second-order valence-corrected chi connectivity index (χ2v) is 9.93. The highest BCUT2D eigenvalue weighted by molar-refractivity contribution is 5.79. The minimum absolute atomic E-state index is 0.000553. The monoisotopic (exact) mass is 420 g/mol. The normalized spacial score (nSPS) is 39.2. The maximum Gasteiger partial charge on any atom is 0.237 e. The van der Waals surface area contributed by atoms with Crippen molar-refractivity contribution in [3.8, 4) is 6.07 Å². The molecule has 1 N–H and O–H groups in total. The summed E-state index contributed by atoms with van der Waals surface area (Å²) in [5.74, 6) is -0.0808. The van der Waals surface area contributed by atoms with Gasteiger partial charge in [0.15, 0.2) is 5.79 Å². The Kier molecular flexibility index (Phi) is 6.38. The van der Waals surface area contributed by atoms with Crippen molar-refractivity contribution in [2.45, 2.75) is 89.2 Å². The fraction of sp³-hybridized carbons (Fsp3) is 0.909. The first kappa shape index (κ1) is 22.0. The fourth-order valence-corrected chi connectivity index (χ4v) is 5.40. The summed E-state index contributed by atoms with van der Waals surface area (Å²) in [7, 11) is 0. The standard InChI is InChI=1S/C22H36N4O4/c1-14-9-17(10-23)26(12-14)19(27)11-24-16-5-7-25(8-6-16)13-18-21-20(15(2)28-18)29-22(3,4)30-21/h14-18,20-21,24H,5-9,11-13H2,1-4H3/t14?,15?,17-,18?,20+,21-/m0/s1. The number of amides is 1. The number of likely N-dealkylation sites (tertiary alicyclic amines) is 2. The highest BCUT2D eigenvalue weighted by Gasteiger charge is 2.53. The van der Waals surface area contributed by atoms with Gasteiger partial charge in [-0.2, -0.15) is 5.26 Å². The topological polar surface area (TPSA) is 87.1 Å². The summed E-state index contributed by atoms with van der Waals surface area (Å²) >= 11 is 0. The summed E-state index contributed by atoms with van der Waals surface area (Å²) in [6, 6.07) is 2.34. The van der Waals surface area contributed by atoms with E-state index in [-0.39, 0.29) is 36.4 Å². The average Bonchev–Trinajstić information content (AvgIpc) is 3.33. The molecule has 1 amide bonds.